The number of carbonyl (C=O) groups is 1. The number of hydrogen-bond acceptors (Lipinski definition) is 2. The van der Waals surface area contributed by atoms with Gasteiger partial charge >= 0.3 is 5.97 Å². The van der Waals surface area contributed by atoms with Gasteiger partial charge in [-0.25, -0.2) is 0 Å². The normalized spacial score (nSPS) is 10.7. The third-order valence-corrected chi connectivity index (χ3v) is 3.03. The quantitative estimate of drug-likeness (QED) is 0.806. The fraction of sp³-hybridized carbons (Fsp3) is 0.533. The molecule has 0 aromatic heterocycles. The zero-order valence-electron chi connectivity index (χ0n) is 11.5. The molecule has 3 nitrogen and oxygen atoms in total. The molecule has 0 amide bonds. The Balaban J connectivity index is 2.75. The van der Waals surface area contributed by atoms with Crippen LogP contribution in [-0.4, -0.2) is 24.2 Å². The molecule has 0 fully saturated rings. The number of anilines is 1. The van der Waals surface area contributed by atoms with Crippen LogP contribution in [-0.2, 0) is 4.79 Å². The fourth-order valence-electron chi connectivity index (χ4n) is 1.92. The molecular weight excluding hydrogens is 226 g/mol. The van der Waals surface area contributed by atoms with Crippen molar-refractivity contribution in [2.24, 2.45) is 5.92 Å². The fourth-order valence-corrected chi connectivity index (χ4v) is 1.92. The van der Waals surface area contributed by atoms with Crippen LogP contribution in [0.25, 0.3) is 0 Å². The first-order valence-corrected chi connectivity index (χ1v) is 6.53. The van der Waals surface area contributed by atoms with Crippen molar-refractivity contribution in [2.75, 3.05) is 18.0 Å². The van der Waals surface area contributed by atoms with Crippen LogP contribution in [0.1, 0.15) is 32.3 Å². The lowest BCUT2D eigenvalue weighted by Crippen LogP contribution is -2.28. The first kappa shape index (κ1) is 14.6. The van der Waals surface area contributed by atoms with Crippen molar-refractivity contribution < 1.29 is 9.90 Å². The average Bonchev–Trinajstić information content (AvgIpc) is 2.30. The van der Waals surface area contributed by atoms with Gasteiger partial charge in [0.05, 0.1) is 6.42 Å². The Hall–Kier alpha value is -1.51. The van der Waals surface area contributed by atoms with Gasteiger partial charge < -0.3 is 10.0 Å². The minimum atomic E-state index is -0.738. The summed E-state index contributed by atoms with van der Waals surface area (Å²) in [5, 5.41) is 8.83. The minimum absolute atomic E-state index is 0.187. The molecule has 1 aromatic carbocycles. The van der Waals surface area contributed by atoms with Crippen LogP contribution in [0.2, 0.25) is 0 Å². The molecule has 0 aliphatic heterocycles. The lowest BCUT2D eigenvalue weighted by molar-refractivity contribution is -0.136. The number of carboxylic acids is 1. The number of aryl methyl sites for hydroxylation is 1. The number of benzene rings is 1. The van der Waals surface area contributed by atoms with Gasteiger partial charge in [-0.2, -0.15) is 0 Å². The van der Waals surface area contributed by atoms with Gasteiger partial charge in [0.15, 0.2) is 0 Å². The minimum Gasteiger partial charge on any atom is -0.481 e. The van der Waals surface area contributed by atoms with Crippen molar-refractivity contribution in [3.05, 3.63) is 29.8 Å². The van der Waals surface area contributed by atoms with Crippen molar-refractivity contribution in [2.45, 2.75) is 33.6 Å². The molecule has 0 heterocycles. The predicted octanol–water partition coefficient (Wildman–Crippen LogP) is 3.32. The van der Waals surface area contributed by atoms with E-state index in [2.05, 4.69) is 37.8 Å². The number of aliphatic carboxylic acids is 1. The van der Waals surface area contributed by atoms with Crippen molar-refractivity contribution in [1.82, 2.24) is 0 Å². The van der Waals surface area contributed by atoms with E-state index in [1.807, 2.05) is 12.1 Å². The Morgan fingerprint density at radius 1 is 1.28 bits per heavy atom. The van der Waals surface area contributed by atoms with Gasteiger partial charge in [0.2, 0.25) is 0 Å². The van der Waals surface area contributed by atoms with Crippen LogP contribution in [0, 0.1) is 12.8 Å². The van der Waals surface area contributed by atoms with Crippen molar-refractivity contribution >= 4 is 11.7 Å². The number of para-hydroxylation sites is 1. The van der Waals surface area contributed by atoms with Gasteiger partial charge in [0, 0.05) is 18.8 Å². The summed E-state index contributed by atoms with van der Waals surface area (Å²) >= 11 is 0. The summed E-state index contributed by atoms with van der Waals surface area (Å²) in [5.74, 6) is -0.112. The molecule has 3 heteroatoms. The number of rotatable bonds is 7. The first-order chi connectivity index (χ1) is 8.50. The highest BCUT2D eigenvalue weighted by Crippen LogP contribution is 2.20. The maximum absolute atomic E-state index is 10.7. The van der Waals surface area contributed by atoms with E-state index in [0.29, 0.717) is 12.5 Å². The molecule has 0 bridgehead atoms. The maximum atomic E-state index is 10.7. The molecule has 0 aliphatic rings. The van der Waals surface area contributed by atoms with Gasteiger partial charge in [0.1, 0.15) is 0 Å². The second kappa shape index (κ2) is 7.04. The number of hydrogen-bond donors (Lipinski definition) is 1. The largest absolute Gasteiger partial charge is 0.481 e. The first-order valence-electron chi connectivity index (χ1n) is 6.53. The highest BCUT2D eigenvalue weighted by Gasteiger charge is 2.11. The van der Waals surface area contributed by atoms with Crippen LogP contribution in [0.15, 0.2) is 24.3 Å². The Morgan fingerprint density at radius 2 is 1.94 bits per heavy atom. The monoisotopic (exact) mass is 249 g/mol. The lowest BCUT2D eigenvalue weighted by atomic mass is 10.1. The Bertz CT molecular complexity index is 388. The SMILES string of the molecule is Cc1ccccc1N(CCC(=O)O)CCC(C)C. The van der Waals surface area contributed by atoms with E-state index in [0.717, 1.165) is 18.7 Å². The highest BCUT2D eigenvalue weighted by molar-refractivity contribution is 5.68. The molecule has 1 rings (SSSR count). The summed E-state index contributed by atoms with van der Waals surface area (Å²) in [5.41, 5.74) is 2.35. The Kier molecular flexibility index (Phi) is 5.69. The molecule has 0 radical (unpaired) electrons. The van der Waals surface area contributed by atoms with Crippen LogP contribution in [0.4, 0.5) is 5.69 Å². The number of nitrogens with zero attached hydrogens (tertiary/aromatic N) is 1. The average molecular weight is 249 g/mol. The van der Waals surface area contributed by atoms with Crippen molar-refractivity contribution in [1.29, 1.82) is 0 Å². The van der Waals surface area contributed by atoms with E-state index in [-0.39, 0.29) is 6.42 Å². The molecule has 0 saturated heterocycles. The summed E-state index contributed by atoms with van der Waals surface area (Å²) in [6.45, 7) is 7.93. The van der Waals surface area contributed by atoms with Crippen LogP contribution >= 0.6 is 0 Å². The molecule has 1 N–H and O–H groups in total. The zero-order valence-corrected chi connectivity index (χ0v) is 11.5. The molecule has 0 atom stereocenters. The number of carboxylic acid groups (broad SMARTS) is 1. The van der Waals surface area contributed by atoms with Gasteiger partial charge in [-0.05, 0) is 30.9 Å². The smallest absolute Gasteiger partial charge is 0.305 e. The van der Waals surface area contributed by atoms with E-state index in [1.54, 1.807) is 0 Å². The van der Waals surface area contributed by atoms with E-state index < -0.39 is 5.97 Å². The summed E-state index contributed by atoms with van der Waals surface area (Å²) < 4.78 is 0. The van der Waals surface area contributed by atoms with Crippen LogP contribution < -0.4 is 4.90 Å². The molecular formula is C15H23NO2. The van der Waals surface area contributed by atoms with E-state index in [9.17, 15) is 4.79 Å². The molecule has 18 heavy (non-hydrogen) atoms. The Morgan fingerprint density at radius 3 is 2.50 bits per heavy atom. The maximum Gasteiger partial charge on any atom is 0.305 e. The molecule has 0 spiro atoms. The zero-order chi connectivity index (χ0) is 13.5. The molecule has 100 valence electrons. The molecule has 0 unspecified atom stereocenters. The second-order valence-corrected chi connectivity index (χ2v) is 5.10. The van der Waals surface area contributed by atoms with Gasteiger partial charge in [-0.15, -0.1) is 0 Å². The van der Waals surface area contributed by atoms with Crippen molar-refractivity contribution in [3.8, 4) is 0 Å². The van der Waals surface area contributed by atoms with Crippen LogP contribution in [0.3, 0.4) is 0 Å². The van der Waals surface area contributed by atoms with E-state index in [1.165, 1.54) is 5.56 Å². The van der Waals surface area contributed by atoms with E-state index >= 15 is 0 Å². The summed E-state index contributed by atoms with van der Waals surface area (Å²) in [7, 11) is 0. The van der Waals surface area contributed by atoms with E-state index in [4.69, 9.17) is 5.11 Å². The van der Waals surface area contributed by atoms with Gasteiger partial charge in [-0.1, -0.05) is 32.0 Å². The standard InChI is InChI=1S/C15H23NO2/c1-12(2)8-10-16(11-9-15(17)18)14-7-5-4-6-13(14)3/h4-7,12H,8-11H2,1-3H3,(H,17,18). The summed E-state index contributed by atoms with van der Waals surface area (Å²) in [4.78, 5) is 12.9. The predicted molar refractivity (Wildman–Crippen MR) is 75.1 cm³/mol. The second-order valence-electron chi connectivity index (χ2n) is 5.10. The van der Waals surface area contributed by atoms with Crippen molar-refractivity contribution in [3.63, 3.8) is 0 Å². The lowest BCUT2D eigenvalue weighted by Gasteiger charge is -2.26. The van der Waals surface area contributed by atoms with Crippen LogP contribution in [0.5, 0.6) is 0 Å². The summed E-state index contributed by atoms with van der Waals surface area (Å²) in [6, 6.07) is 8.15. The third kappa shape index (κ3) is 4.78. The van der Waals surface area contributed by atoms with Gasteiger partial charge in [0.25, 0.3) is 0 Å². The van der Waals surface area contributed by atoms with Gasteiger partial charge in [-0.3, -0.25) is 4.79 Å². The third-order valence-electron chi connectivity index (χ3n) is 3.03. The molecule has 1 aromatic rings. The highest BCUT2D eigenvalue weighted by atomic mass is 16.4. The summed E-state index contributed by atoms with van der Waals surface area (Å²) in [6.07, 6.45) is 1.26. The molecule has 0 aliphatic carbocycles. The molecule has 0 saturated carbocycles. The Labute approximate surface area is 109 Å². The topological polar surface area (TPSA) is 40.5 Å².